The molecule has 1 fully saturated rings. The molecular formula is C20H24N4O4. The van der Waals surface area contributed by atoms with Gasteiger partial charge in [-0.1, -0.05) is 0 Å². The molecule has 1 aliphatic heterocycles. The zero-order chi connectivity index (χ0) is 19.5. The molecule has 0 spiro atoms. The molecule has 8 heteroatoms. The van der Waals surface area contributed by atoms with Gasteiger partial charge in [-0.25, -0.2) is 4.98 Å². The first-order chi connectivity index (χ1) is 13.7. The number of nitrogens with one attached hydrogen (secondary N) is 1. The molecule has 1 aliphatic rings. The largest absolute Gasteiger partial charge is 0.496 e. The van der Waals surface area contributed by atoms with Crippen molar-refractivity contribution in [1.29, 1.82) is 0 Å². The number of rotatable bonds is 7. The Morgan fingerprint density at radius 2 is 1.93 bits per heavy atom. The SMILES string of the molecule is COc1cc(OC)c(-c2nc3cnccn3c2NC[C@H]2CCCO2)cc1OC. The highest BCUT2D eigenvalue weighted by atomic mass is 16.5. The van der Waals surface area contributed by atoms with Gasteiger partial charge in [-0.15, -0.1) is 0 Å². The lowest BCUT2D eigenvalue weighted by molar-refractivity contribution is 0.120. The van der Waals surface area contributed by atoms with Crippen molar-refractivity contribution < 1.29 is 18.9 Å². The fraction of sp³-hybridized carbons (Fsp3) is 0.400. The van der Waals surface area contributed by atoms with E-state index in [0.717, 1.165) is 42.2 Å². The first-order valence-corrected chi connectivity index (χ1v) is 9.23. The van der Waals surface area contributed by atoms with Crippen LogP contribution in [-0.2, 0) is 4.74 Å². The average Bonchev–Trinajstić information content (AvgIpc) is 3.38. The summed E-state index contributed by atoms with van der Waals surface area (Å²) in [5.74, 6) is 2.72. The highest BCUT2D eigenvalue weighted by Crippen LogP contribution is 2.42. The lowest BCUT2D eigenvalue weighted by atomic mass is 10.1. The fourth-order valence-electron chi connectivity index (χ4n) is 3.49. The zero-order valence-corrected chi connectivity index (χ0v) is 16.3. The van der Waals surface area contributed by atoms with Gasteiger partial charge in [0, 0.05) is 37.2 Å². The van der Waals surface area contributed by atoms with Crippen LogP contribution in [0.15, 0.2) is 30.7 Å². The lowest BCUT2D eigenvalue weighted by Crippen LogP contribution is -2.19. The average molecular weight is 384 g/mol. The first kappa shape index (κ1) is 18.4. The van der Waals surface area contributed by atoms with E-state index in [1.165, 1.54) is 0 Å². The number of ether oxygens (including phenoxy) is 4. The molecule has 28 heavy (non-hydrogen) atoms. The summed E-state index contributed by atoms with van der Waals surface area (Å²) in [4.78, 5) is 8.98. The Bertz CT molecular complexity index is 966. The summed E-state index contributed by atoms with van der Waals surface area (Å²) in [6, 6.07) is 3.68. The number of fused-ring (bicyclic) bond motifs is 1. The summed E-state index contributed by atoms with van der Waals surface area (Å²) < 4.78 is 24.2. The summed E-state index contributed by atoms with van der Waals surface area (Å²) in [6.07, 6.45) is 7.71. The number of methoxy groups -OCH3 is 3. The van der Waals surface area contributed by atoms with Crippen molar-refractivity contribution >= 4 is 11.5 Å². The Hall–Kier alpha value is -3.00. The molecular weight excluding hydrogens is 360 g/mol. The Morgan fingerprint density at radius 1 is 1.14 bits per heavy atom. The minimum atomic E-state index is 0.201. The molecule has 0 radical (unpaired) electrons. The molecule has 4 rings (SSSR count). The third-order valence-corrected chi connectivity index (χ3v) is 4.91. The molecule has 1 aromatic carbocycles. The maximum Gasteiger partial charge on any atom is 0.164 e. The van der Waals surface area contributed by atoms with E-state index in [1.807, 2.05) is 16.7 Å². The summed E-state index contributed by atoms with van der Waals surface area (Å²) in [5.41, 5.74) is 2.30. The van der Waals surface area contributed by atoms with Crippen LogP contribution in [0.3, 0.4) is 0 Å². The van der Waals surface area contributed by atoms with Gasteiger partial charge in [-0.3, -0.25) is 9.38 Å². The van der Waals surface area contributed by atoms with Crippen LogP contribution in [-0.4, -0.2) is 55.0 Å². The monoisotopic (exact) mass is 384 g/mol. The maximum atomic E-state index is 5.75. The molecule has 1 saturated heterocycles. The summed E-state index contributed by atoms with van der Waals surface area (Å²) >= 11 is 0. The number of anilines is 1. The minimum Gasteiger partial charge on any atom is -0.496 e. The second kappa shape index (κ2) is 7.93. The number of imidazole rings is 1. The molecule has 1 atom stereocenters. The van der Waals surface area contributed by atoms with Crippen LogP contribution in [0.2, 0.25) is 0 Å². The molecule has 0 saturated carbocycles. The van der Waals surface area contributed by atoms with Crippen molar-refractivity contribution in [3.8, 4) is 28.5 Å². The van der Waals surface area contributed by atoms with Gasteiger partial charge in [0.25, 0.3) is 0 Å². The predicted octanol–water partition coefficient (Wildman–Crippen LogP) is 3.01. The number of hydrogen-bond acceptors (Lipinski definition) is 7. The number of nitrogens with zero attached hydrogens (tertiary/aromatic N) is 3. The molecule has 3 aromatic rings. The highest BCUT2D eigenvalue weighted by molar-refractivity contribution is 5.82. The summed E-state index contributed by atoms with van der Waals surface area (Å²) in [6.45, 7) is 1.53. The smallest absolute Gasteiger partial charge is 0.164 e. The Labute approximate surface area is 163 Å². The van der Waals surface area contributed by atoms with E-state index in [1.54, 1.807) is 39.8 Å². The van der Waals surface area contributed by atoms with E-state index in [0.29, 0.717) is 23.8 Å². The molecule has 0 unspecified atom stereocenters. The van der Waals surface area contributed by atoms with Gasteiger partial charge >= 0.3 is 0 Å². The molecule has 0 aliphatic carbocycles. The maximum absolute atomic E-state index is 5.75. The Morgan fingerprint density at radius 3 is 2.64 bits per heavy atom. The van der Waals surface area contributed by atoms with Crippen LogP contribution < -0.4 is 19.5 Å². The van der Waals surface area contributed by atoms with Crippen LogP contribution in [0.5, 0.6) is 17.2 Å². The van der Waals surface area contributed by atoms with E-state index in [2.05, 4.69) is 10.3 Å². The van der Waals surface area contributed by atoms with E-state index >= 15 is 0 Å². The minimum absolute atomic E-state index is 0.201. The van der Waals surface area contributed by atoms with E-state index < -0.39 is 0 Å². The summed E-state index contributed by atoms with van der Waals surface area (Å²) in [5, 5.41) is 3.51. The van der Waals surface area contributed by atoms with Crippen LogP contribution in [0.1, 0.15) is 12.8 Å². The fourth-order valence-corrected chi connectivity index (χ4v) is 3.49. The van der Waals surface area contributed by atoms with Crippen molar-refractivity contribution in [1.82, 2.24) is 14.4 Å². The van der Waals surface area contributed by atoms with Gasteiger partial charge in [0.15, 0.2) is 17.1 Å². The topological polar surface area (TPSA) is 79.1 Å². The molecule has 0 amide bonds. The second-order valence-corrected chi connectivity index (χ2v) is 6.54. The van der Waals surface area contributed by atoms with E-state index in [4.69, 9.17) is 23.9 Å². The van der Waals surface area contributed by atoms with Crippen molar-refractivity contribution in [3.05, 3.63) is 30.7 Å². The first-order valence-electron chi connectivity index (χ1n) is 9.23. The van der Waals surface area contributed by atoms with Gasteiger partial charge in [-0.05, 0) is 18.9 Å². The highest BCUT2D eigenvalue weighted by Gasteiger charge is 2.22. The van der Waals surface area contributed by atoms with Gasteiger partial charge in [0.05, 0.1) is 33.6 Å². The van der Waals surface area contributed by atoms with Gasteiger partial charge in [-0.2, -0.15) is 0 Å². The molecule has 8 nitrogen and oxygen atoms in total. The van der Waals surface area contributed by atoms with Gasteiger partial charge in [0.1, 0.15) is 17.3 Å². The van der Waals surface area contributed by atoms with E-state index in [9.17, 15) is 0 Å². The van der Waals surface area contributed by atoms with Crippen LogP contribution in [0.25, 0.3) is 16.9 Å². The van der Waals surface area contributed by atoms with Crippen LogP contribution in [0, 0.1) is 0 Å². The standard InChI is InChI=1S/C20H24N4O4/c1-25-15-10-17(27-3)16(26-2)9-14(15)19-20(22-11-13-5-4-8-28-13)24-7-6-21-12-18(24)23-19/h6-7,9-10,12-13,22H,4-5,8,11H2,1-3H3/t13-/m1/s1. The number of hydrogen-bond donors (Lipinski definition) is 1. The third-order valence-electron chi connectivity index (χ3n) is 4.91. The Balaban J connectivity index is 1.82. The molecule has 148 valence electrons. The lowest BCUT2D eigenvalue weighted by Gasteiger charge is -2.16. The molecule has 3 heterocycles. The Kier molecular flexibility index (Phi) is 5.21. The predicted molar refractivity (Wildman–Crippen MR) is 106 cm³/mol. The van der Waals surface area contributed by atoms with Gasteiger partial charge < -0.3 is 24.3 Å². The van der Waals surface area contributed by atoms with Crippen molar-refractivity contribution in [2.24, 2.45) is 0 Å². The second-order valence-electron chi connectivity index (χ2n) is 6.54. The molecule has 1 N–H and O–H groups in total. The van der Waals surface area contributed by atoms with Crippen molar-refractivity contribution in [2.45, 2.75) is 18.9 Å². The van der Waals surface area contributed by atoms with E-state index in [-0.39, 0.29) is 6.10 Å². The quantitative estimate of drug-likeness (QED) is 0.671. The van der Waals surface area contributed by atoms with Crippen molar-refractivity contribution in [2.75, 3.05) is 39.8 Å². The number of aromatic nitrogens is 3. The molecule has 0 bridgehead atoms. The zero-order valence-electron chi connectivity index (χ0n) is 16.3. The third kappa shape index (κ3) is 3.31. The van der Waals surface area contributed by atoms with Gasteiger partial charge in [0.2, 0.25) is 0 Å². The molecule has 2 aromatic heterocycles. The van der Waals surface area contributed by atoms with Crippen LogP contribution >= 0.6 is 0 Å². The van der Waals surface area contributed by atoms with Crippen LogP contribution in [0.4, 0.5) is 5.82 Å². The van der Waals surface area contributed by atoms with Crippen molar-refractivity contribution in [3.63, 3.8) is 0 Å². The number of benzene rings is 1. The summed E-state index contributed by atoms with van der Waals surface area (Å²) in [7, 11) is 4.84. The normalized spacial score (nSPS) is 16.3.